The highest BCUT2D eigenvalue weighted by molar-refractivity contribution is 7.08. The molecule has 3 rings (SSSR count). The largest absolute Gasteiger partial charge is 0.352 e. The molecule has 3 nitrogen and oxygen atoms in total. The van der Waals surface area contributed by atoms with E-state index in [1.807, 2.05) is 12.4 Å². The fourth-order valence-electron chi connectivity index (χ4n) is 2.92. The van der Waals surface area contributed by atoms with E-state index in [2.05, 4.69) is 33.2 Å². The summed E-state index contributed by atoms with van der Waals surface area (Å²) in [6.45, 7) is 0.566. The lowest BCUT2D eigenvalue weighted by Gasteiger charge is -2.10. The highest BCUT2D eigenvalue weighted by Gasteiger charge is 2.18. The first-order chi connectivity index (χ1) is 10.3. The zero-order chi connectivity index (χ0) is 14.5. The molecule has 21 heavy (non-hydrogen) atoms. The molecule has 1 fully saturated rings. The van der Waals surface area contributed by atoms with E-state index in [0.29, 0.717) is 18.9 Å². The Bertz CT molecular complexity index is 589. The Morgan fingerprint density at radius 2 is 2.14 bits per heavy atom. The monoisotopic (exact) mass is 300 g/mol. The van der Waals surface area contributed by atoms with Gasteiger partial charge in [0.05, 0.1) is 0 Å². The fraction of sp³-hybridized carbons (Fsp3) is 0.412. The topological polar surface area (TPSA) is 42.0 Å². The van der Waals surface area contributed by atoms with Crippen LogP contribution in [-0.2, 0) is 11.3 Å². The van der Waals surface area contributed by atoms with Crippen LogP contribution in [0.15, 0.2) is 35.3 Å². The number of hydrogen-bond acceptors (Lipinski definition) is 3. The smallest absolute Gasteiger partial charge is 0.220 e. The number of aromatic nitrogens is 1. The third-order valence-electron chi connectivity index (χ3n) is 4.09. The maximum atomic E-state index is 12.0. The molecule has 0 aliphatic heterocycles. The molecule has 1 saturated carbocycles. The molecule has 110 valence electrons. The zero-order valence-corrected chi connectivity index (χ0v) is 12.9. The van der Waals surface area contributed by atoms with Crippen molar-refractivity contribution < 1.29 is 4.79 Å². The quantitative estimate of drug-likeness (QED) is 0.906. The van der Waals surface area contributed by atoms with Gasteiger partial charge in [-0.3, -0.25) is 9.78 Å². The van der Waals surface area contributed by atoms with Crippen molar-refractivity contribution in [2.45, 2.75) is 38.6 Å². The molecule has 0 unspecified atom stereocenters. The molecular formula is C17H20N2OS. The van der Waals surface area contributed by atoms with Gasteiger partial charge >= 0.3 is 0 Å². The van der Waals surface area contributed by atoms with Crippen LogP contribution in [0.5, 0.6) is 0 Å². The van der Waals surface area contributed by atoms with E-state index in [1.165, 1.54) is 31.2 Å². The molecule has 0 radical (unpaired) electrons. The first kappa shape index (κ1) is 14.3. The predicted octanol–water partition coefficient (Wildman–Crippen LogP) is 4.01. The van der Waals surface area contributed by atoms with Gasteiger partial charge in [-0.05, 0) is 52.8 Å². The Balaban J connectivity index is 1.55. The van der Waals surface area contributed by atoms with E-state index in [4.69, 9.17) is 0 Å². The number of carbonyl (C=O) groups is 1. The molecule has 1 aliphatic rings. The first-order valence-corrected chi connectivity index (χ1v) is 8.49. The summed E-state index contributed by atoms with van der Waals surface area (Å²) < 4.78 is 0. The minimum atomic E-state index is 0.169. The van der Waals surface area contributed by atoms with Crippen LogP contribution in [-0.4, -0.2) is 10.9 Å². The lowest BCUT2D eigenvalue weighted by atomic mass is 10.0. The summed E-state index contributed by atoms with van der Waals surface area (Å²) >= 11 is 1.68. The number of rotatable bonds is 5. The van der Waals surface area contributed by atoms with Crippen LogP contribution < -0.4 is 5.32 Å². The van der Waals surface area contributed by atoms with Crippen LogP contribution in [0, 0.1) is 5.92 Å². The molecule has 2 heterocycles. The lowest BCUT2D eigenvalue weighted by Crippen LogP contribution is -2.24. The first-order valence-electron chi connectivity index (χ1n) is 7.54. The molecule has 1 amide bonds. The van der Waals surface area contributed by atoms with Crippen LogP contribution in [0.4, 0.5) is 0 Å². The number of amides is 1. The Hall–Kier alpha value is -1.68. The Kier molecular flexibility index (Phi) is 4.65. The third kappa shape index (κ3) is 3.91. The normalized spacial score (nSPS) is 15.2. The van der Waals surface area contributed by atoms with Gasteiger partial charge in [0.1, 0.15) is 0 Å². The second kappa shape index (κ2) is 6.85. The predicted molar refractivity (Wildman–Crippen MR) is 86.0 cm³/mol. The maximum absolute atomic E-state index is 12.0. The molecule has 1 N–H and O–H groups in total. The summed E-state index contributed by atoms with van der Waals surface area (Å²) in [6, 6.07) is 4.19. The summed E-state index contributed by atoms with van der Waals surface area (Å²) in [5.41, 5.74) is 3.35. The van der Waals surface area contributed by atoms with Gasteiger partial charge in [0.15, 0.2) is 0 Å². The Labute approximate surface area is 129 Å². The van der Waals surface area contributed by atoms with Gasteiger partial charge in [-0.1, -0.05) is 12.8 Å². The average Bonchev–Trinajstić information content (AvgIpc) is 3.19. The highest BCUT2D eigenvalue weighted by atomic mass is 32.1. The van der Waals surface area contributed by atoms with E-state index >= 15 is 0 Å². The van der Waals surface area contributed by atoms with Gasteiger partial charge in [-0.25, -0.2) is 0 Å². The van der Waals surface area contributed by atoms with Gasteiger partial charge in [0.25, 0.3) is 0 Å². The molecule has 0 bridgehead atoms. The van der Waals surface area contributed by atoms with E-state index in [9.17, 15) is 4.79 Å². The number of thiophene rings is 1. The van der Waals surface area contributed by atoms with Crippen molar-refractivity contribution in [3.05, 3.63) is 40.8 Å². The lowest BCUT2D eigenvalue weighted by molar-refractivity contribution is -0.122. The molecule has 4 heteroatoms. The fourth-order valence-corrected chi connectivity index (χ4v) is 3.59. The minimum absolute atomic E-state index is 0.169. The summed E-state index contributed by atoms with van der Waals surface area (Å²) in [7, 11) is 0. The second-order valence-electron chi connectivity index (χ2n) is 5.73. The molecule has 0 saturated heterocycles. The van der Waals surface area contributed by atoms with E-state index in [1.54, 1.807) is 11.3 Å². The van der Waals surface area contributed by atoms with Crippen LogP contribution in [0.2, 0.25) is 0 Å². The molecule has 2 aromatic rings. The van der Waals surface area contributed by atoms with Gasteiger partial charge in [-0.15, -0.1) is 0 Å². The number of hydrogen-bond donors (Lipinski definition) is 1. The van der Waals surface area contributed by atoms with Crippen molar-refractivity contribution in [2.24, 2.45) is 5.92 Å². The van der Waals surface area contributed by atoms with E-state index in [0.717, 1.165) is 11.1 Å². The Morgan fingerprint density at radius 1 is 1.29 bits per heavy atom. The zero-order valence-electron chi connectivity index (χ0n) is 12.0. The van der Waals surface area contributed by atoms with Gasteiger partial charge in [-0.2, -0.15) is 11.3 Å². The number of nitrogens with zero attached hydrogens (tertiary/aromatic N) is 1. The maximum Gasteiger partial charge on any atom is 0.220 e. The summed E-state index contributed by atoms with van der Waals surface area (Å²) in [6.07, 6.45) is 9.36. The number of carbonyl (C=O) groups excluding carboxylic acids is 1. The van der Waals surface area contributed by atoms with Crippen LogP contribution in [0.25, 0.3) is 11.1 Å². The highest BCUT2D eigenvalue weighted by Crippen LogP contribution is 2.27. The van der Waals surface area contributed by atoms with Crippen molar-refractivity contribution in [3.8, 4) is 11.1 Å². The molecule has 0 spiro atoms. The molecule has 0 aromatic carbocycles. The summed E-state index contributed by atoms with van der Waals surface area (Å²) in [5, 5.41) is 7.19. The summed E-state index contributed by atoms with van der Waals surface area (Å²) in [4.78, 5) is 16.2. The third-order valence-corrected chi connectivity index (χ3v) is 4.77. The van der Waals surface area contributed by atoms with Gasteiger partial charge in [0.2, 0.25) is 5.91 Å². The van der Waals surface area contributed by atoms with Crippen molar-refractivity contribution in [2.75, 3.05) is 0 Å². The van der Waals surface area contributed by atoms with Crippen molar-refractivity contribution in [1.82, 2.24) is 10.3 Å². The second-order valence-corrected chi connectivity index (χ2v) is 6.51. The van der Waals surface area contributed by atoms with Crippen molar-refractivity contribution in [1.29, 1.82) is 0 Å². The van der Waals surface area contributed by atoms with E-state index < -0.39 is 0 Å². The number of pyridine rings is 1. The summed E-state index contributed by atoms with van der Waals surface area (Å²) in [5.74, 6) is 0.767. The van der Waals surface area contributed by atoms with Crippen molar-refractivity contribution in [3.63, 3.8) is 0 Å². The van der Waals surface area contributed by atoms with Gasteiger partial charge < -0.3 is 5.32 Å². The van der Waals surface area contributed by atoms with Crippen molar-refractivity contribution >= 4 is 17.2 Å². The SMILES string of the molecule is O=C(CC1CCCC1)NCc1cncc(-c2ccsc2)c1. The van der Waals surface area contributed by atoms with Crippen LogP contribution in [0.1, 0.15) is 37.7 Å². The molecular weight excluding hydrogens is 280 g/mol. The van der Waals surface area contributed by atoms with E-state index in [-0.39, 0.29) is 5.91 Å². The number of nitrogens with one attached hydrogen (secondary N) is 1. The van der Waals surface area contributed by atoms with Crippen LogP contribution >= 0.6 is 11.3 Å². The standard InChI is InChI=1S/C17H20N2OS/c20-17(8-13-3-1-2-4-13)19-10-14-7-16(11-18-9-14)15-5-6-21-12-15/h5-7,9,11-13H,1-4,8,10H2,(H,19,20). The molecule has 2 aromatic heterocycles. The van der Waals surface area contributed by atoms with Crippen LogP contribution in [0.3, 0.4) is 0 Å². The Morgan fingerprint density at radius 3 is 2.90 bits per heavy atom. The van der Waals surface area contributed by atoms with Gasteiger partial charge in [0, 0.05) is 30.9 Å². The minimum Gasteiger partial charge on any atom is -0.352 e. The average molecular weight is 300 g/mol. The molecule has 0 atom stereocenters. The molecule has 1 aliphatic carbocycles.